The highest BCUT2D eigenvalue weighted by Crippen LogP contribution is 2.17. The number of carbonyl (C=O) groups is 2. The first-order valence-corrected chi connectivity index (χ1v) is 8.76. The number of benzene rings is 2. The molecule has 2 aromatic carbocycles. The first-order chi connectivity index (χ1) is 14.0. The fraction of sp³-hybridized carbons (Fsp3) is 0.200. The summed E-state index contributed by atoms with van der Waals surface area (Å²) in [6, 6.07) is 13.5. The van der Waals surface area contributed by atoms with Gasteiger partial charge in [-0.1, -0.05) is 5.16 Å². The number of rotatable bonds is 8. The molecule has 0 unspecified atom stereocenters. The standard InChI is InChI=1S/C20H20N4O5/c1-13-21-18(24-29-13)11-28-17-9-3-14(4-10-17)20(26)23-16-7-5-15(6-8-16)22-19(25)12-27-2/h3-10H,11-12H2,1-2H3,(H,22,25)(H,23,26). The number of carbonyl (C=O) groups excluding carboxylic acids is 2. The van der Waals surface area contributed by atoms with E-state index in [2.05, 4.69) is 20.8 Å². The van der Waals surface area contributed by atoms with Crippen molar-refractivity contribution in [2.75, 3.05) is 24.4 Å². The van der Waals surface area contributed by atoms with E-state index in [4.69, 9.17) is 14.0 Å². The van der Waals surface area contributed by atoms with Gasteiger partial charge in [-0.25, -0.2) is 0 Å². The SMILES string of the molecule is COCC(=O)Nc1ccc(NC(=O)c2ccc(OCc3noc(C)n3)cc2)cc1. The Hall–Kier alpha value is -3.72. The predicted molar refractivity (Wildman–Crippen MR) is 105 cm³/mol. The van der Waals surface area contributed by atoms with Gasteiger partial charge in [0.15, 0.2) is 6.61 Å². The number of anilines is 2. The van der Waals surface area contributed by atoms with Crippen LogP contribution in [0.3, 0.4) is 0 Å². The van der Waals surface area contributed by atoms with Crippen molar-refractivity contribution in [2.24, 2.45) is 0 Å². The third kappa shape index (κ3) is 5.88. The maximum atomic E-state index is 12.4. The molecule has 0 saturated carbocycles. The van der Waals surface area contributed by atoms with Crippen LogP contribution in [0, 0.1) is 6.92 Å². The Bertz CT molecular complexity index is 967. The quantitative estimate of drug-likeness (QED) is 0.601. The van der Waals surface area contributed by atoms with Crippen molar-refractivity contribution in [1.29, 1.82) is 0 Å². The van der Waals surface area contributed by atoms with Gasteiger partial charge in [-0.05, 0) is 48.5 Å². The Morgan fingerprint density at radius 1 is 1.00 bits per heavy atom. The highest BCUT2D eigenvalue weighted by Gasteiger charge is 2.08. The van der Waals surface area contributed by atoms with Gasteiger partial charge in [0.05, 0.1) is 0 Å². The average Bonchev–Trinajstić information content (AvgIpc) is 3.13. The third-order valence-electron chi connectivity index (χ3n) is 3.76. The molecule has 0 aliphatic carbocycles. The zero-order valence-corrected chi connectivity index (χ0v) is 16.0. The summed E-state index contributed by atoms with van der Waals surface area (Å²) < 4.78 is 15.2. The zero-order valence-electron chi connectivity index (χ0n) is 16.0. The van der Waals surface area contributed by atoms with Crippen LogP contribution in [-0.2, 0) is 16.1 Å². The van der Waals surface area contributed by atoms with E-state index in [0.717, 1.165) is 0 Å². The summed E-state index contributed by atoms with van der Waals surface area (Å²) in [5, 5.41) is 9.23. The molecule has 1 aromatic heterocycles. The lowest BCUT2D eigenvalue weighted by molar-refractivity contribution is -0.119. The van der Waals surface area contributed by atoms with Crippen molar-refractivity contribution in [2.45, 2.75) is 13.5 Å². The van der Waals surface area contributed by atoms with Gasteiger partial charge in [0.25, 0.3) is 5.91 Å². The molecule has 0 spiro atoms. The van der Waals surface area contributed by atoms with Crippen molar-refractivity contribution in [3.63, 3.8) is 0 Å². The number of aryl methyl sites for hydroxylation is 1. The van der Waals surface area contributed by atoms with Crippen molar-refractivity contribution in [1.82, 2.24) is 10.1 Å². The average molecular weight is 396 g/mol. The molecule has 9 heteroatoms. The molecule has 0 aliphatic heterocycles. The van der Waals surface area contributed by atoms with Crippen molar-refractivity contribution < 1.29 is 23.6 Å². The van der Waals surface area contributed by atoms with Crippen LogP contribution in [0.4, 0.5) is 11.4 Å². The summed E-state index contributed by atoms with van der Waals surface area (Å²) in [5.74, 6) is 0.995. The summed E-state index contributed by atoms with van der Waals surface area (Å²) in [6.07, 6.45) is 0. The fourth-order valence-electron chi connectivity index (χ4n) is 2.42. The normalized spacial score (nSPS) is 10.4. The lowest BCUT2D eigenvalue weighted by atomic mass is 10.2. The fourth-order valence-corrected chi connectivity index (χ4v) is 2.42. The lowest BCUT2D eigenvalue weighted by Crippen LogP contribution is -2.17. The number of hydrogen-bond donors (Lipinski definition) is 2. The molecule has 2 amide bonds. The number of nitrogens with zero attached hydrogens (tertiary/aromatic N) is 2. The highest BCUT2D eigenvalue weighted by atomic mass is 16.5. The minimum atomic E-state index is -0.262. The molecule has 0 fully saturated rings. The molecule has 0 radical (unpaired) electrons. The lowest BCUT2D eigenvalue weighted by Gasteiger charge is -2.08. The summed E-state index contributed by atoms with van der Waals surface area (Å²) in [4.78, 5) is 27.9. The largest absolute Gasteiger partial charge is 0.485 e. The molecule has 9 nitrogen and oxygen atoms in total. The predicted octanol–water partition coefficient (Wildman–Crippen LogP) is 2.79. The van der Waals surface area contributed by atoms with Crippen LogP contribution < -0.4 is 15.4 Å². The molecule has 2 N–H and O–H groups in total. The van der Waals surface area contributed by atoms with E-state index >= 15 is 0 Å². The van der Waals surface area contributed by atoms with E-state index in [0.29, 0.717) is 34.4 Å². The first kappa shape index (κ1) is 20.0. The molecule has 0 aliphatic rings. The van der Waals surface area contributed by atoms with E-state index in [-0.39, 0.29) is 25.0 Å². The maximum absolute atomic E-state index is 12.4. The van der Waals surface area contributed by atoms with Gasteiger partial charge >= 0.3 is 0 Å². The van der Waals surface area contributed by atoms with Gasteiger partial charge in [-0.2, -0.15) is 4.98 Å². The molecule has 1 heterocycles. The Morgan fingerprint density at radius 3 is 2.24 bits per heavy atom. The molecule has 0 bridgehead atoms. The Morgan fingerprint density at radius 2 is 1.66 bits per heavy atom. The van der Waals surface area contributed by atoms with E-state index < -0.39 is 0 Å². The van der Waals surface area contributed by atoms with Crippen LogP contribution in [0.5, 0.6) is 5.75 Å². The van der Waals surface area contributed by atoms with Crippen molar-refractivity contribution in [3.8, 4) is 5.75 Å². The smallest absolute Gasteiger partial charge is 0.255 e. The second-order valence-electron chi connectivity index (χ2n) is 6.06. The Labute approximate surface area is 167 Å². The summed E-state index contributed by atoms with van der Waals surface area (Å²) in [5.41, 5.74) is 1.70. The molecule has 0 saturated heterocycles. The minimum Gasteiger partial charge on any atom is -0.485 e. The third-order valence-corrected chi connectivity index (χ3v) is 3.76. The summed E-state index contributed by atoms with van der Waals surface area (Å²) in [6.45, 7) is 1.86. The van der Waals surface area contributed by atoms with Crippen LogP contribution in [0.15, 0.2) is 53.1 Å². The maximum Gasteiger partial charge on any atom is 0.255 e. The number of amides is 2. The summed E-state index contributed by atoms with van der Waals surface area (Å²) >= 11 is 0. The number of ether oxygens (including phenoxy) is 2. The summed E-state index contributed by atoms with van der Waals surface area (Å²) in [7, 11) is 1.45. The van der Waals surface area contributed by atoms with Crippen LogP contribution >= 0.6 is 0 Å². The number of aromatic nitrogens is 2. The number of hydrogen-bond acceptors (Lipinski definition) is 7. The van der Waals surface area contributed by atoms with E-state index in [9.17, 15) is 9.59 Å². The van der Waals surface area contributed by atoms with Gasteiger partial charge in [-0.3, -0.25) is 9.59 Å². The van der Waals surface area contributed by atoms with Crippen LogP contribution in [-0.4, -0.2) is 35.7 Å². The monoisotopic (exact) mass is 396 g/mol. The second kappa shape index (κ2) is 9.47. The molecule has 150 valence electrons. The molecule has 3 rings (SSSR count). The van der Waals surface area contributed by atoms with Crippen LogP contribution in [0.1, 0.15) is 22.1 Å². The van der Waals surface area contributed by atoms with Crippen LogP contribution in [0.25, 0.3) is 0 Å². The number of methoxy groups -OCH3 is 1. The van der Waals surface area contributed by atoms with Crippen molar-refractivity contribution >= 4 is 23.2 Å². The van der Waals surface area contributed by atoms with Gasteiger partial charge in [0, 0.05) is 31.0 Å². The highest BCUT2D eigenvalue weighted by molar-refractivity contribution is 6.04. The second-order valence-corrected chi connectivity index (χ2v) is 6.06. The Kier molecular flexibility index (Phi) is 6.54. The van der Waals surface area contributed by atoms with Gasteiger partial charge in [0.2, 0.25) is 17.6 Å². The zero-order chi connectivity index (χ0) is 20.6. The number of nitrogens with one attached hydrogen (secondary N) is 2. The molecule has 3 aromatic rings. The van der Waals surface area contributed by atoms with E-state index in [1.165, 1.54) is 7.11 Å². The molecule has 29 heavy (non-hydrogen) atoms. The van der Waals surface area contributed by atoms with Gasteiger partial charge in [0.1, 0.15) is 12.4 Å². The first-order valence-electron chi connectivity index (χ1n) is 8.76. The topological polar surface area (TPSA) is 116 Å². The van der Waals surface area contributed by atoms with Gasteiger partial charge < -0.3 is 24.6 Å². The Balaban J connectivity index is 1.53. The molecular formula is C20H20N4O5. The molecule has 0 atom stereocenters. The minimum absolute atomic E-state index is 0.0209. The van der Waals surface area contributed by atoms with Crippen molar-refractivity contribution in [3.05, 3.63) is 65.8 Å². The van der Waals surface area contributed by atoms with E-state index in [1.54, 1.807) is 55.5 Å². The molecular weight excluding hydrogens is 376 g/mol. The van der Waals surface area contributed by atoms with E-state index in [1.807, 2.05) is 0 Å². The van der Waals surface area contributed by atoms with Gasteiger partial charge in [-0.15, -0.1) is 0 Å². The van der Waals surface area contributed by atoms with Crippen LogP contribution in [0.2, 0.25) is 0 Å².